The zero-order valence-electron chi connectivity index (χ0n) is 16.3. The lowest BCUT2D eigenvalue weighted by Crippen LogP contribution is -2.51. The van der Waals surface area contributed by atoms with Gasteiger partial charge in [0.05, 0.1) is 11.4 Å². The Labute approximate surface area is 168 Å². The lowest BCUT2D eigenvalue weighted by atomic mass is 10.1. The lowest BCUT2D eigenvalue weighted by Gasteiger charge is -2.21. The number of nitrogens with one attached hydrogen (secondary N) is 1. The van der Waals surface area contributed by atoms with Crippen LogP contribution in [0.2, 0.25) is 0 Å². The standard InChI is InChI=1S/C22H22N4O3/c1-25-14-18(22(28)26(2)20-11-7-6-10-19(20)25)23-21(27)17-13-16(29-24-17)12-15-8-4-3-5-9-15/h3-11,13,18H,12,14H2,1-2H3,(H,23,27)/t18-/m0/s1. The first kappa shape index (κ1) is 18.7. The third-order valence-electron chi connectivity index (χ3n) is 5.06. The van der Waals surface area contributed by atoms with E-state index >= 15 is 0 Å². The van der Waals surface area contributed by atoms with Crippen molar-refractivity contribution in [3.8, 4) is 0 Å². The van der Waals surface area contributed by atoms with Gasteiger partial charge in [0, 0.05) is 33.1 Å². The fourth-order valence-corrected chi connectivity index (χ4v) is 3.51. The van der Waals surface area contributed by atoms with E-state index in [0.29, 0.717) is 18.7 Å². The van der Waals surface area contributed by atoms with E-state index in [-0.39, 0.29) is 11.6 Å². The van der Waals surface area contributed by atoms with Crippen LogP contribution in [0.4, 0.5) is 11.4 Å². The van der Waals surface area contributed by atoms with Crippen molar-refractivity contribution in [2.24, 2.45) is 0 Å². The number of anilines is 2. The van der Waals surface area contributed by atoms with E-state index in [0.717, 1.165) is 16.9 Å². The van der Waals surface area contributed by atoms with E-state index in [1.807, 2.05) is 66.5 Å². The van der Waals surface area contributed by atoms with Crippen LogP contribution in [0.1, 0.15) is 21.8 Å². The van der Waals surface area contributed by atoms with Crippen LogP contribution < -0.4 is 15.1 Å². The van der Waals surface area contributed by atoms with Crippen LogP contribution in [-0.2, 0) is 11.2 Å². The molecule has 148 valence electrons. The zero-order valence-corrected chi connectivity index (χ0v) is 16.3. The number of hydrogen-bond donors (Lipinski definition) is 1. The number of nitrogens with zero attached hydrogens (tertiary/aromatic N) is 3. The maximum absolute atomic E-state index is 12.9. The molecule has 0 spiro atoms. The summed E-state index contributed by atoms with van der Waals surface area (Å²) >= 11 is 0. The van der Waals surface area contributed by atoms with Crippen molar-refractivity contribution in [3.63, 3.8) is 0 Å². The second-order valence-electron chi connectivity index (χ2n) is 7.13. The molecular formula is C22H22N4O3. The molecule has 4 rings (SSSR count). The van der Waals surface area contributed by atoms with Gasteiger partial charge in [-0.05, 0) is 17.7 Å². The molecule has 0 aliphatic carbocycles. The van der Waals surface area contributed by atoms with Gasteiger partial charge in [0.1, 0.15) is 11.8 Å². The molecule has 0 saturated carbocycles. The molecule has 2 heterocycles. The second-order valence-corrected chi connectivity index (χ2v) is 7.13. The second kappa shape index (κ2) is 7.79. The van der Waals surface area contributed by atoms with E-state index in [2.05, 4.69) is 10.5 Å². The predicted octanol–water partition coefficient (Wildman–Crippen LogP) is 2.48. The van der Waals surface area contributed by atoms with E-state index in [1.54, 1.807) is 18.0 Å². The summed E-state index contributed by atoms with van der Waals surface area (Å²) in [5.41, 5.74) is 2.97. The van der Waals surface area contributed by atoms with E-state index in [1.165, 1.54) is 0 Å². The number of hydrogen-bond acceptors (Lipinski definition) is 5. The third-order valence-corrected chi connectivity index (χ3v) is 5.06. The molecule has 1 aliphatic rings. The Kier molecular flexibility index (Phi) is 5.03. The molecule has 2 aromatic carbocycles. The Morgan fingerprint density at radius 3 is 2.55 bits per heavy atom. The first-order valence-corrected chi connectivity index (χ1v) is 9.41. The third kappa shape index (κ3) is 3.85. The highest BCUT2D eigenvalue weighted by atomic mass is 16.5. The highest BCUT2D eigenvalue weighted by Gasteiger charge is 2.32. The van der Waals surface area contributed by atoms with Gasteiger partial charge >= 0.3 is 0 Å². The molecule has 0 unspecified atom stereocenters. The van der Waals surface area contributed by atoms with Crippen LogP contribution in [0, 0.1) is 0 Å². The highest BCUT2D eigenvalue weighted by molar-refractivity contribution is 6.04. The predicted molar refractivity (Wildman–Crippen MR) is 110 cm³/mol. The largest absolute Gasteiger partial charge is 0.370 e. The summed E-state index contributed by atoms with van der Waals surface area (Å²) < 4.78 is 5.31. The Morgan fingerprint density at radius 1 is 1.10 bits per heavy atom. The quantitative estimate of drug-likeness (QED) is 0.740. The van der Waals surface area contributed by atoms with Crippen molar-refractivity contribution in [1.82, 2.24) is 10.5 Å². The van der Waals surface area contributed by atoms with Crippen LogP contribution in [0.3, 0.4) is 0 Å². The van der Waals surface area contributed by atoms with E-state index in [9.17, 15) is 9.59 Å². The minimum Gasteiger partial charge on any atom is -0.370 e. The van der Waals surface area contributed by atoms with Gasteiger partial charge in [-0.2, -0.15) is 0 Å². The van der Waals surface area contributed by atoms with Gasteiger partial charge in [0.2, 0.25) is 0 Å². The minimum absolute atomic E-state index is 0.163. The van der Waals surface area contributed by atoms with Crippen molar-refractivity contribution in [2.75, 3.05) is 30.4 Å². The molecule has 1 aliphatic heterocycles. The fourth-order valence-electron chi connectivity index (χ4n) is 3.51. The Morgan fingerprint density at radius 2 is 1.79 bits per heavy atom. The molecule has 29 heavy (non-hydrogen) atoms. The molecule has 3 aromatic rings. The van der Waals surface area contributed by atoms with Gasteiger partial charge in [0.25, 0.3) is 11.8 Å². The van der Waals surface area contributed by atoms with Crippen LogP contribution in [0.25, 0.3) is 0 Å². The first-order chi connectivity index (χ1) is 14.0. The summed E-state index contributed by atoms with van der Waals surface area (Å²) in [5.74, 6) is -0.0162. The number of fused-ring (bicyclic) bond motifs is 1. The fraction of sp³-hybridized carbons (Fsp3) is 0.227. The van der Waals surface area contributed by atoms with E-state index < -0.39 is 11.9 Å². The Bertz CT molecular complexity index is 1030. The first-order valence-electron chi connectivity index (χ1n) is 9.41. The molecule has 1 atom stereocenters. The summed E-state index contributed by atoms with van der Waals surface area (Å²) in [4.78, 5) is 29.1. The number of amides is 2. The van der Waals surface area contributed by atoms with Gasteiger partial charge < -0.3 is 19.6 Å². The van der Waals surface area contributed by atoms with Gasteiger partial charge in [-0.25, -0.2) is 0 Å². The van der Waals surface area contributed by atoms with Gasteiger partial charge in [0.15, 0.2) is 5.69 Å². The molecule has 7 heteroatoms. The SMILES string of the molecule is CN1C[C@H](NC(=O)c2cc(Cc3ccccc3)on2)C(=O)N(C)c2ccccc21. The number of aromatic nitrogens is 1. The molecule has 2 amide bonds. The van der Waals surface area contributed by atoms with Crippen molar-refractivity contribution in [2.45, 2.75) is 12.5 Å². The summed E-state index contributed by atoms with van der Waals surface area (Å²) in [6.07, 6.45) is 0.546. The van der Waals surface area contributed by atoms with Gasteiger partial charge in [-0.1, -0.05) is 47.6 Å². The Balaban J connectivity index is 1.48. The molecule has 0 radical (unpaired) electrons. The minimum atomic E-state index is -0.695. The number of benzene rings is 2. The van der Waals surface area contributed by atoms with Crippen molar-refractivity contribution < 1.29 is 14.1 Å². The summed E-state index contributed by atoms with van der Waals surface area (Å²) in [6, 6.07) is 18.4. The average molecular weight is 390 g/mol. The summed E-state index contributed by atoms with van der Waals surface area (Å²) in [5, 5.41) is 6.68. The normalized spacial score (nSPS) is 16.3. The Hall–Kier alpha value is -3.61. The molecule has 0 bridgehead atoms. The van der Waals surface area contributed by atoms with Gasteiger partial charge in [-0.3, -0.25) is 9.59 Å². The number of carbonyl (C=O) groups excluding carboxylic acids is 2. The number of likely N-dealkylation sites (N-methyl/N-ethyl adjacent to an activating group) is 2. The summed E-state index contributed by atoms with van der Waals surface area (Å²) in [6.45, 7) is 0.362. The van der Waals surface area contributed by atoms with Crippen LogP contribution in [0.15, 0.2) is 65.2 Å². The highest BCUT2D eigenvalue weighted by Crippen LogP contribution is 2.30. The van der Waals surface area contributed by atoms with Crippen LogP contribution in [0.5, 0.6) is 0 Å². The smallest absolute Gasteiger partial charge is 0.274 e. The molecule has 0 saturated heterocycles. The van der Waals surface area contributed by atoms with Crippen LogP contribution >= 0.6 is 0 Å². The molecule has 1 aromatic heterocycles. The molecule has 0 fully saturated rings. The summed E-state index contributed by atoms with van der Waals surface area (Å²) in [7, 11) is 3.62. The number of para-hydroxylation sites is 2. The monoisotopic (exact) mass is 390 g/mol. The van der Waals surface area contributed by atoms with E-state index in [4.69, 9.17) is 4.52 Å². The molecular weight excluding hydrogens is 368 g/mol. The topological polar surface area (TPSA) is 78.7 Å². The van der Waals surface area contributed by atoms with Crippen molar-refractivity contribution in [3.05, 3.63) is 77.7 Å². The van der Waals surface area contributed by atoms with Crippen molar-refractivity contribution in [1.29, 1.82) is 0 Å². The maximum atomic E-state index is 12.9. The average Bonchev–Trinajstić information content (AvgIpc) is 3.18. The lowest BCUT2D eigenvalue weighted by molar-refractivity contribution is -0.119. The van der Waals surface area contributed by atoms with Gasteiger partial charge in [-0.15, -0.1) is 0 Å². The van der Waals surface area contributed by atoms with Crippen LogP contribution in [-0.4, -0.2) is 43.7 Å². The molecule has 7 nitrogen and oxygen atoms in total. The van der Waals surface area contributed by atoms with Crippen molar-refractivity contribution >= 4 is 23.2 Å². The number of rotatable bonds is 4. The maximum Gasteiger partial charge on any atom is 0.274 e. The zero-order chi connectivity index (χ0) is 20.4. The molecule has 1 N–H and O–H groups in total. The number of carbonyl (C=O) groups is 2.